The summed E-state index contributed by atoms with van der Waals surface area (Å²) in [4.78, 5) is 19.9. The van der Waals surface area contributed by atoms with E-state index < -0.39 is 0 Å². The van der Waals surface area contributed by atoms with Gasteiger partial charge in [0.15, 0.2) is 17.1 Å². The van der Waals surface area contributed by atoms with Crippen molar-refractivity contribution in [2.75, 3.05) is 40.4 Å². The molecule has 2 heterocycles. The number of likely N-dealkylation sites (N-methyl/N-ethyl adjacent to an activating group) is 1. The second kappa shape index (κ2) is 11.2. The highest BCUT2D eigenvalue weighted by Gasteiger charge is 2.22. The van der Waals surface area contributed by atoms with Crippen LogP contribution in [0.3, 0.4) is 0 Å². The fraction of sp³-hybridized carbons (Fsp3) is 0.321. The number of benzene rings is 2. The van der Waals surface area contributed by atoms with Gasteiger partial charge in [-0.05, 0) is 52.6 Å². The lowest BCUT2D eigenvalue weighted by molar-refractivity contribution is 0.0951. The SMILES string of the molecule is CCOc1ccc(-c2c(C)nn3c(-c4ccccc4)c(C(=O)NCCN(C)C)cnc23)cc1OCC. The summed E-state index contributed by atoms with van der Waals surface area (Å²) in [5.74, 6) is 1.20. The molecule has 1 amide bonds. The number of carbonyl (C=O) groups is 1. The number of rotatable bonds is 10. The molecule has 0 saturated carbocycles. The number of nitrogens with one attached hydrogen (secondary N) is 1. The fourth-order valence-corrected chi connectivity index (χ4v) is 4.16. The molecule has 8 nitrogen and oxygen atoms in total. The van der Waals surface area contributed by atoms with Crippen LogP contribution in [-0.4, -0.2) is 65.8 Å². The summed E-state index contributed by atoms with van der Waals surface area (Å²) >= 11 is 0. The highest BCUT2D eigenvalue weighted by atomic mass is 16.5. The van der Waals surface area contributed by atoms with Crippen LogP contribution in [0.15, 0.2) is 54.7 Å². The van der Waals surface area contributed by atoms with Gasteiger partial charge in [0.1, 0.15) is 0 Å². The van der Waals surface area contributed by atoms with Crippen molar-refractivity contribution in [1.82, 2.24) is 24.8 Å². The Balaban J connectivity index is 1.86. The first kappa shape index (κ1) is 25.2. The van der Waals surface area contributed by atoms with Gasteiger partial charge < -0.3 is 19.7 Å². The molecule has 188 valence electrons. The van der Waals surface area contributed by atoms with E-state index in [1.807, 2.05) is 88.3 Å². The molecular weight excluding hydrogens is 454 g/mol. The minimum Gasteiger partial charge on any atom is -0.490 e. The number of hydrogen-bond acceptors (Lipinski definition) is 6. The number of carbonyl (C=O) groups excluding carboxylic acids is 1. The van der Waals surface area contributed by atoms with Crippen molar-refractivity contribution in [3.05, 3.63) is 66.0 Å². The third-order valence-electron chi connectivity index (χ3n) is 5.79. The first-order valence-corrected chi connectivity index (χ1v) is 12.2. The van der Waals surface area contributed by atoms with E-state index in [9.17, 15) is 4.79 Å². The number of aromatic nitrogens is 3. The Morgan fingerprint density at radius 1 is 1.00 bits per heavy atom. The van der Waals surface area contributed by atoms with Crippen molar-refractivity contribution in [1.29, 1.82) is 0 Å². The number of amides is 1. The monoisotopic (exact) mass is 487 g/mol. The van der Waals surface area contributed by atoms with Gasteiger partial charge in [-0.3, -0.25) is 4.79 Å². The predicted molar refractivity (Wildman–Crippen MR) is 142 cm³/mol. The molecule has 2 aromatic carbocycles. The van der Waals surface area contributed by atoms with E-state index in [1.165, 1.54) is 0 Å². The summed E-state index contributed by atoms with van der Waals surface area (Å²) in [6.07, 6.45) is 1.64. The summed E-state index contributed by atoms with van der Waals surface area (Å²) in [6.45, 7) is 8.20. The first-order valence-electron chi connectivity index (χ1n) is 12.2. The summed E-state index contributed by atoms with van der Waals surface area (Å²) < 4.78 is 13.4. The second-order valence-corrected chi connectivity index (χ2v) is 8.67. The maximum atomic E-state index is 13.2. The molecule has 0 unspecified atom stereocenters. The Kier molecular flexibility index (Phi) is 7.85. The predicted octanol–water partition coefficient (Wildman–Crippen LogP) is 4.46. The molecule has 0 aliphatic carbocycles. The number of ether oxygens (including phenoxy) is 2. The van der Waals surface area contributed by atoms with Gasteiger partial charge in [0.2, 0.25) is 0 Å². The molecule has 0 bridgehead atoms. The van der Waals surface area contributed by atoms with E-state index >= 15 is 0 Å². The van der Waals surface area contributed by atoms with Crippen molar-refractivity contribution in [2.24, 2.45) is 0 Å². The van der Waals surface area contributed by atoms with E-state index in [0.717, 1.165) is 28.9 Å². The van der Waals surface area contributed by atoms with E-state index in [0.29, 0.717) is 48.2 Å². The summed E-state index contributed by atoms with van der Waals surface area (Å²) in [5.41, 5.74) is 5.34. The minimum absolute atomic E-state index is 0.181. The number of nitrogens with zero attached hydrogens (tertiary/aromatic N) is 4. The van der Waals surface area contributed by atoms with Crippen LogP contribution in [0.1, 0.15) is 29.9 Å². The Morgan fingerprint density at radius 3 is 2.42 bits per heavy atom. The van der Waals surface area contributed by atoms with E-state index in [4.69, 9.17) is 19.6 Å². The summed E-state index contributed by atoms with van der Waals surface area (Å²) in [7, 11) is 3.95. The topological polar surface area (TPSA) is 81.0 Å². The van der Waals surface area contributed by atoms with Crippen LogP contribution in [0.25, 0.3) is 28.0 Å². The molecule has 0 aliphatic heterocycles. The van der Waals surface area contributed by atoms with Crippen molar-refractivity contribution in [3.8, 4) is 33.9 Å². The number of hydrogen-bond donors (Lipinski definition) is 1. The highest BCUT2D eigenvalue weighted by molar-refractivity contribution is 6.00. The normalized spacial score (nSPS) is 11.2. The maximum Gasteiger partial charge on any atom is 0.255 e. The lowest BCUT2D eigenvalue weighted by Gasteiger charge is -2.14. The van der Waals surface area contributed by atoms with Crippen molar-refractivity contribution >= 4 is 11.6 Å². The standard InChI is InChI=1S/C28H33N5O3/c1-6-35-23-14-13-21(17-24(23)36-7-2)25-19(3)31-33-26(20-11-9-8-10-12-20)22(18-30-27(25)33)28(34)29-15-16-32(4)5/h8-14,17-18H,6-7,15-16H2,1-5H3,(H,29,34). The zero-order valence-corrected chi connectivity index (χ0v) is 21.5. The average molecular weight is 488 g/mol. The van der Waals surface area contributed by atoms with Gasteiger partial charge in [0.05, 0.1) is 30.2 Å². The van der Waals surface area contributed by atoms with Crippen LogP contribution in [0.4, 0.5) is 0 Å². The van der Waals surface area contributed by atoms with Gasteiger partial charge in [-0.2, -0.15) is 5.10 Å². The molecule has 0 radical (unpaired) electrons. The summed E-state index contributed by atoms with van der Waals surface area (Å²) in [5, 5.41) is 7.85. The van der Waals surface area contributed by atoms with Crippen molar-refractivity contribution in [2.45, 2.75) is 20.8 Å². The first-order chi connectivity index (χ1) is 17.4. The van der Waals surface area contributed by atoms with Crippen LogP contribution < -0.4 is 14.8 Å². The molecule has 36 heavy (non-hydrogen) atoms. The molecule has 2 aromatic heterocycles. The molecule has 8 heteroatoms. The molecule has 0 fully saturated rings. The van der Waals surface area contributed by atoms with Gasteiger partial charge in [-0.1, -0.05) is 36.4 Å². The van der Waals surface area contributed by atoms with Crippen molar-refractivity contribution in [3.63, 3.8) is 0 Å². The quantitative estimate of drug-likeness (QED) is 0.356. The van der Waals surface area contributed by atoms with Crippen LogP contribution in [0, 0.1) is 6.92 Å². The fourth-order valence-electron chi connectivity index (χ4n) is 4.16. The Labute approximate surface area is 211 Å². The number of fused-ring (bicyclic) bond motifs is 1. The molecule has 0 atom stereocenters. The van der Waals surface area contributed by atoms with Crippen LogP contribution in [-0.2, 0) is 0 Å². The average Bonchev–Trinajstić information content (AvgIpc) is 3.20. The van der Waals surface area contributed by atoms with Crippen LogP contribution in [0.5, 0.6) is 11.5 Å². The molecule has 4 aromatic rings. The largest absolute Gasteiger partial charge is 0.490 e. The smallest absolute Gasteiger partial charge is 0.255 e. The third kappa shape index (κ3) is 5.18. The van der Waals surface area contributed by atoms with E-state index in [1.54, 1.807) is 10.7 Å². The highest BCUT2D eigenvalue weighted by Crippen LogP contribution is 2.37. The van der Waals surface area contributed by atoms with Gasteiger partial charge in [0.25, 0.3) is 5.91 Å². The lowest BCUT2D eigenvalue weighted by atomic mass is 10.0. The molecule has 4 rings (SSSR count). The van der Waals surface area contributed by atoms with E-state index in [2.05, 4.69) is 5.32 Å². The zero-order valence-electron chi connectivity index (χ0n) is 21.5. The number of aryl methyl sites for hydroxylation is 1. The van der Waals surface area contributed by atoms with E-state index in [-0.39, 0.29) is 5.91 Å². The van der Waals surface area contributed by atoms with Gasteiger partial charge in [0, 0.05) is 30.4 Å². The molecular formula is C28H33N5O3. The Morgan fingerprint density at radius 2 is 1.72 bits per heavy atom. The molecule has 0 aliphatic rings. The minimum atomic E-state index is -0.181. The molecule has 1 N–H and O–H groups in total. The maximum absolute atomic E-state index is 13.2. The van der Waals surface area contributed by atoms with Gasteiger partial charge in [-0.25, -0.2) is 9.50 Å². The van der Waals surface area contributed by atoms with Gasteiger partial charge >= 0.3 is 0 Å². The molecule has 0 saturated heterocycles. The Hall–Kier alpha value is -3.91. The van der Waals surface area contributed by atoms with Crippen LogP contribution in [0.2, 0.25) is 0 Å². The van der Waals surface area contributed by atoms with Crippen molar-refractivity contribution < 1.29 is 14.3 Å². The lowest BCUT2D eigenvalue weighted by Crippen LogP contribution is -2.32. The van der Waals surface area contributed by atoms with Crippen LogP contribution >= 0.6 is 0 Å². The Bertz CT molecular complexity index is 1350. The molecule has 0 spiro atoms. The third-order valence-corrected chi connectivity index (χ3v) is 5.79. The zero-order chi connectivity index (χ0) is 25.7. The second-order valence-electron chi connectivity index (χ2n) is 8.67. The van der Waals surface area contributed by atoms with Gasteiger partial charge in [-0.15, -0.1) is 0 Å². The summed E-state index contributed by atoms with van der Waals surface area (Å²) in [6, 6.07) is 15.7.